The molecule has 0 radical (unpaired) electrons. The Bertz CT molecular complexity index is 2270. The average Bonchev–Trinajstić information content (AvgIpc) is 3.04. The molecule has 0 N–H and O–H groups in total. The standard InChI is InChI=1S/C42H32F6O4/c1-39(2)17-27(49)37-31(19-39)51-29-15-13-26-25(35(29)33(37)21-5-9-23(10-6-21)41(43,44)45)14-16-30-36(26)34(22-7-11-24(12-8-22)42(46,47)48)38-28(50)18-40(3,4)20-32(38)52-30/h5-16H,17-20H2,1-4H3. The average molecular weight is 715 g/mol. The van der Waals surface area contributed by atoms with E-state index in [4.69, 9.17) is 9.47 Å². The molecule has 0 fully saturated rings. The van der Waals surface area contributed by atoms with Gasteiger partial charge in [-0.25, -0.2) is 0 Å². The number of rotatable bonds is 2. The zero-order valence-corrected chi connectivity index (χ0v) is 28.7. The van der Waals surface area contributed by atoms with E-state index < -0.39 is 34.3 Å². The van der Waals surface area contributed by atoms with E-state index in [0.717, 1.165) is 24.3 Å². The van der Waals surface area contributed by atoms with Crippen molar-refractivity contribution in [2.24, 2.45) is 10.8 Å². The van der Waals surface area contributed by atoms with Gasteiger partial charge < -0.3 is 9.47 Å². The smallest absolute Gasteiger partial charge is 0.416 e. The molecule has 10 heteroatoms. The highest BCUT2D eigenvalue weighted by molar-refractivity contribution is 6.15. The summed E-state index contributed by atoms with van der Waals surface area (Å²) in [4.78, 5) is 27.9. The molecule has 4 aromatic carbocycles. The van der Waals surface area contributed by atoms with Gasteiger partial charge in [-0.05, 0) is 81.3 Å². The Hall–Kier alpha value is -5.12. The molecule has 0 bridgehead atoms. The van der Waals surface area contributed by atoms with Gasteiger partial charge in [-0.3, -0.25) is 9.59 Å². The highest BCUT2D eigenvalue weighted by Crippen LogP contribution is 2.46. The summed E-state index contributed by atoms with van der Waals surface area (Å²) in [7, 11) is 0. The van der Waals surface area contributed by atoms with E-state index in [1.165, 1.54) is 24.3 Å². The SMILES string of the molecule is CC1(C)CC(=O)C2=C(C1)Oc1ccc3c4c(ccc3c1=C2c1ccc(C(F)(F)F)cc1)OC1=C(C(=O)CC(C)(C)C1)C=4c1ccc(C(F)(F)F)cc1. The minimum atomic E-state index is -4.57. The van der Waals surface area contributed by atoms with Crippen LogP contribution in [0.1, 0.15) is 75.6 Å². The molecular weight excluding hydrogens is 682 g/mol. The quantitative estimate of drug-likeness (QED) is 0.194. The number of alkyl halides is 6. The maximum absolute atomic E-state index is 13.9. The molecule has 8 rings (SSSR count). The Morgan fingerprint density at radius 2 is 0.827 bits per heavy atom. The topological polar surface area (TPSA) is 52.6 Å². The Morgan fingerprint density at radius 1 is 0.481 bits per heavy atom. The number of carbonyl (C=O) groups excluding carboxylic acids is 2. The van der Waals surface area contributed by atoms with Crippen molar-refractivity contribution < 1.29 is 45.4 Å². The molecular formula is C42H32F6O4. The fourth-order valence-electron chi connectivity index (χ4n) is 8.06. The van der Waals surface area contributed by atoms with Crippen molar-refractivity contribution in [1.29, 1.82) is 0 Å². The molecule has 0 saturated carbocycles. The van der Waals surface area contributed by atoms with Gasteiger partial charge in [0.15, 0.2) is 11.6 Å². The summed E-state index contributed by atoms with van der Waals surface area (Å²) in [5, 5.41) is 2.09. The highest BCUT2D eigenvalue weighted by Gasteiger charge is 2.41. The molecule has 0 atom stereocenters. The number of Topliss-reactive ketones (excluding diaryl/α,β-unsaturated/α-hetero) is 2. The Morgan fingerprint density at radius 3 is 1.15 bits per heavy atom. The van der Waals surface area contributed by atoms with Crippen molar-refractivity contribution in [2.45, 2.75) is 65.7 Å². The monoisotopic (exact) mass is 714 g/mol. The van der Waals surface area contributed by atoms with Gasteiger partial charge in [-0.2, -0.15) is 26.3 Å². The van der Waals surface area contributed by atoms with Gasteiger partial charge in [0.1, 0.15) is 23.0 Å². The Kier molecular flexibility index (Phi) is 7.31. The predicted molar refractivity (Wildman–Crippen MR) is 182 cm³/mol. The number of hydrogen-bond donors (Lipinski definition) is 0. The fraction of sp³-hybridized carbons (Fsp3) is 0.286. The van der Waals surface area contributed by atoms with Crippen LogP contribution in [0, 0.1) is 10.8 Å². The van der Waals surface area contributed by atoms with Crippen LogP contribution in [-0.2, 0) is 21.9 Å². The third-order valence-electron chi connectivity index (χ3n) is 10.3. The lowest BCUT2D eigenvalue weighted by molar-refractivity contribution is -0.138. The van der Waals surface area contributed by atoms with E-state index in [1.54, 1.807) is 24.3 Å². The van der Waals surface area contributed by atoms with Crippen LogP contribution in [0.25, 0.3) is 21.9 Å². The summed E-state index contributed by atoms with van der Waals surface area (Å²) in [6, 6.07) is 16.4. The number of ether oxygens (including phenoxy) is 2. The molecule has 0 unspecified atom stereocenters. The molecule has 266 valence electrons. The second kappa shape index (κ2) is 11.2. The molecule has 2 heterocycles. The van der Waals surface area contributed by atoms with Crippen LogP contribution >= 0.6 is 0 Å². The summed E-state index contributed by atoms with van der Waals surface area (Å²) in [5.41, 5.74) is -0.253. The molecule has 0 saturated heterocycles. The summed E-state index contributed by atoms with van der Waals surface area (Å²) in [6.07, 6.45) is -7.89. The molecule has 4 aliphatic rings. The van der Waals surface area contributed by atoms with E-state index in [-0.39, 0.29) is 24.4 Å². The van der Waals surface area contributed by atoms with Crippen molar-refractivity contribution in [3.05, 3.63) is 128 Å². The van der Waals surface area contributed by atoms with Gasteiger partial charge in [0.25, 0.3) is 0 Å². The number of allylic oxidation sites excluding steroid dienone is 4. The van der Waals surface area contributed by atoms with Crippen molar-refractivity contribution in [2.75, 3.05) is 0 Å². The number of hydrogen-bond acceptors (Lipinski definition) is 4. The highest BCUT2D eigenvalue weighted by atomic mass is 19.4. The van der Waals surface area contributed by atoms with Crippen LogP contribution in [0.4, 0.5) is 26.3 Å². The fourth-order valence-corrected chi connectivity index (χ4v) is 8.06. The van der Waals surface area contributed by atoms with Gasteiger partial charge in [-0.1, -0.05) is 52.0 Å². The second-order valence-corrected chi connectivity index (χ2v) is 15.6. The molecule has 0 spiro atoms. The predicted octanol–water partition coefficient (Wildman–Crippen LogP) is 9.35. The van der Waals surface area contributed by atoms with Crippen LogP contribution in [-0.4, -0.2) is 11.6 Å². The number of ketones is 2. The van der Waals surface area contributed by atoms with Crippen molar-refractivity contribution in [3.8, 4) is 11.5 Å². The third kappa shape index (κ3) is 5.54. The van der Waals surface area contributed by atoms with E-state index >= 15 is 0 Å². The van der Waals surface area contributed by atoms with Gasteiger partial charge in [0.05, 0.1) is 22.3 Å². The van der Waals surface area contributed by atoms with Gasteiger partial charge in [0.2, 0.25) is 0 Å². The molecule has 2 aliphatic heterocycles. The summed E-state index contributed by atoms with van der Waals surface area (Å²) >= 11 is 0. The normalized spacial score (nSPS) is 19.5. The molecule has 0 aromatic heterocycles. The Balaban J connectivity index is 1.50. The second-order valence-electron chi connectivity index (χ2n) is 15.6. The zero-order chi connectivity index (χ0) is 37.1. The number of halogens is 6. The van der Waals surface area contributed by atoms with Gasteiger partial charge in [0, 0.05) is 47.3 Å². The van der Waals surface area contributed by atoms with E-state index in [2.05, 4.69) is 0 Å². The minimum Gasteiger partial charge on any atom is -0.460 e. The summed E-state index contributed by atoms with van der Waals surface area (Å²) in [6.45, 7) is 7.81. The number of carbonyl (C=O) groups is 2. The van der Waals surface area contributed by atoms with E-state index in [0.29, 0.717) is 90.5 Å². The first-order chi connectivity index (χ1) is 24.3. The maximum Gasteiger partial charge on any atom is 0.416 e. The molecule has 4 aromatic rings. The number of fused-ring (bicyclic) bond motifs is 5. The lowest BCUT2D eigenvalue weighted by Gasteiger charge is -2.36. The maximum atomic E-state index is 13.9. The van der Waals surface area contributed by atoms with Crippen molar-refractivity contribution in [1.82, 2.24) is 0 Å². The lowest BCUT2D eigenvalue weighted by Crippen LogP contribution is -2.35. The first-order valence-electron chi connectivity index (χ1n) is 16.9. The number of benzene rings is 4. The van der Waals surface area contributed by atoms with Crippen LogP contribution in [0.5, 0.6) is 11.5 Å². The molecule has 4 nitrogen and oxygen atoms in total. The van der Waals surface area contributed by atoms with Crippen molar-refractivity contribution >= 4 is 33.5 Å². The summed E-state index contributed by atoms with van der Waals surface area (Å²) in [5.74, 6) is 1.27. The summed E-state index contributed by atoms with van der Waals surface area (Å²) < 4.78 is 94.8. The van der Waals surface area contributed by atoms with E-state index in [9.17, 15) is 35.9 Å². The van der Waals surface area contributed by atoms with Crippen molar-refractivity contribution in [3.63, 3.8) is 0 Å². The van der Waals surface area contributed by atoms with Gasteiger partial charge in [-0.15, -0.1) is 0 Å². The zero-order valence-electron chi connectivity index (χ0n) is 28.7. The van der Waals surface area contributed by atoms with Crippen LogP contribution in [0.3, 0.4) is 0 Å². The molecule has 2 aliphatic carbocycles. The minimum absolute atomic E-state index is 0.198. The largest absolute Gasteiger partial charge is 0.460 e. The molecule has 52 heavy (non-hydrogen) atoms. The van der Waals surface area contributed by atoms with Crippen LogP contribution in [0.2, 0.25) is 0 Å². The lowest BCUT2D eigenvalue weighted by atomic mass is 9.72. The first kappa shape index (κ1) is 34.0. The first-order valence-corrected chi connectivity index (χ1v) is 16.9. The van der Waals surface area contributed by atoms with E-state index in [1.807, 2.05) is 27.7 Å². The van der Waals surface area contributed by atoms with Gasteiger partial charge >= 0.3 is 12.4 Å². The molecule has 0 amide bonds. The van der Waals surface area contributed by atoms with Crippen LogP contribution < -0.4 is 19.9 Å². The van der Waals surface area contributed by atoms with Crippen LogP contribution in [0.15, 0.2) is 95.5 Å². The third-order valence-corrected chi connectivity index (χ3v) is 10.3. The Labute approximate surface area is 294 Å².